The molecular weight excluding hydrogens is 172 g/mol. The molecule has 0 bridgehead atoms. The van der Waals surface area contributed by atoms with Gasteiger partial charge in [0.2, 0.25) is 0 Å². The highest BCUT2D eigenvalue weighted by atomic mass is 14.8. The van der Waals surface area contributed by atoms with Crippen molar-refractivity contribution in [1.29, 1.82) is 0 Å². The molecule has 0 saturated heterocycles. The third-order valence-corrected chi connectivity index (χ3v) is 2.41. The summed E-state index contributed by atoms with van der Waals surface area (Å²) < 4.78 is 0. The molecule has 0 radical (unpaired) electrons. The molecule has 1 aromatic carbocycles. The summed E-state index contributed by atoms with van der Waals surface area (Å²) in [6.07, 6.45) is 3.88. The van der Waals surface area contributed by atoms with Gasteiger partial charge in [0.15, 0.2) is 0 Å². The normalized spacial score (nSPS) is 26.0. The molecule has 1 aliphatic rings. The lowest BCUT2D eigenvalue weighted by Crippen LogP contribution is -2.25. The zero-order chi connectivity index (χ0) is 9.97. The number of nitrogens with zero attached hydrogens (tertiary/aromatic N) is 1. The number of hydrogen-bond donors (Lipinski definition) is 1. The summed E-state index contributed by atoms with van der Waals surface area (Å²) in [5.41, 5.74) is 8.24. The smallest absolute Gasteiger partial charge is 0.0721 e. The minimum atomic E-state index is -0.0404. The number of nitrogens with two attached hydrogens (primary N) is 1. The zero-order valence-electron chi connectivity index (χ0n) is 8.22. The molecule has 0 saturated carbocycles. The Morgan fingerprint density at radius 2 is 1.93 bits per heavy atom. The zero-order valence-corrected chi connectivity index (χ0v) is 8.22. The SMILES string of the molecule is C[C@@H]1N=CC(N)C=C1c1ccccc1. The summed E-state index contributed by atoms with van der Waals surface area (Å²) in [5, 5.41) is 0. The van der Waals surface area contributed by atoms with Crippen molar-refractivity contribution in [3.63, 3.8) is 0 Å². The van der Waals surface area contributed by atoms with E-state index < -0.39 is 0 Å². The van der Waals surface area contributed by atoms with Gasteiger partial charge in [-0.25, -0.2) is 0 Å². The fraction of sp³-hybridized carbons (Fsp3) is 0.250. The van der Waals surface area contributed by atoms with Gasteiger partial charge >= 0.3 is 0 Å². The molecule has 1 aromatic rings. The van der Waals surface area contributed by atoms with Crippen molar-refractivity contribution >= 4 is 11.8 Å². The summed E-state index contributed by atoms with van der Waals surface area (Å²) in [6, 6.07) is 10.4. The maximum atomic E-state index is 5.80. The minimum Gasteiger partial charge on any atom is -0.320 e. The Morgan fingerprint density at radius 1 is 1.21 bits per heavy atom. The van der Waals surface area contributed by atoms with E-state index in [-0.39, 0.29) is 12.1 Å². The van der Waals surface area contributed by atoms with Crippen LogP contribution in [-0.4, -0.2) is 18.3 Å². The van der Waals surface area contributed by atoms with E-state index in [4.69, 9.17) is 5.73 Å². The summed E-state index contributed by atoms with van der Waals surface area (Å²) in [4.78, 5) is 4.35. The van der Waals surface area contributed by atoms with Crippen LogP contribution in [0.25, 0.3) is 5.57 Å². The molecule has 0 spiro atoms. The van der Waals surface area contributed by atoms with Crippen molar-refractivity contribution in [2.45, 2.75) is 19.0 Å². The average Bonchev–Trinajstić information content (AvgIpc) is 2.23. The van der Waals surface area contributed by atoms with E-state index >= 15 is 0 Å². The molecular formula is C12H14N2. The van der Waals surface area contributed by atoms with Crippen molar-refractivity contribution < 1.29 is 0 Å². The fourth-order valence-electron chi connectivity index (χ4n) is 1.67. The molecule has 1 heterocycles. The number of benzene rings is 1. The second-order valence-electron chi connectivity index (χ2n) is 3.54. The van der Waals surface area contributed by atoms with Crippen molar-refractivity contribution in [2.24, 2.45) is 10.7 Å². The van der Waals surface area contributed by atoms with Crippen LogP contribution in [0.1, 0.15) is 12.5 Å². The van der Waals surface area contributed by atoms with Gasteiger partial charge in [-0.1, -0.05) is 36.4 Å². The predicted octanol–water partition coefficient (Wildman–Crippen LogP) is 1.87. The first-order valence-electron chi connectivity index (χ1n) is 4.83. The first-order chi connectivity index (χ1) is 6.77. The van der Waals surface area contributed by atoms with Crippen molar-refractivity contribution in [1.82, 2.24) is 0 Å². The highest BCUT2D eigenvalue weighted by Gasteiger charge is 2.14. The monoisotopic (exact) mass is 186 g/mol. The van der Waals surface area contributed by atoms with Crippen LogP contribution < -0.4 is 5.73 Å². The van der Waals surface area contributed by atoms with Crippen LogP contribution in [0.4, 0.5) is 0 Å². The Kier molecular flexibility index (Phi) is 2.46. The van der Waals surface area contributed by atoms with E-state index in [0.717, 1.165) is 0 Å². The molecule has 2 rings (SSSR count). The summed E-state index contributed by atoms with van der Waals surface area (Å²) in [6.45, 7) is 2.08. The van der Waals surface area contributed by atoms with Crippen molar-refractivity contribution in [3.8, 4) is 0 Å². The molecule has 72 valence electrons. The lowest BCUT2D eigenvalue weighted by atomic mass is 9.96. The highest BCUT2D eigenvalue weighted by Crippen LogP contribution is 2.22. The van der Waals surface area contributed by atoms with Crippen LogP contribution in [0, 0.1) is 0 Å². The molecule has 0 aromatic heterocycles. The molecule has 0 aliphatic carbocycles. The van der Waals surface area contributed by atoms with Crippen LogP contribution in [-0.2, 0) is 0 Å². The van der Waals surface area contributed by atoms with Crippen LogP contribution in [0.3, 0.4) is 0 Å². The molecule has 2 N–H and O–H groups in total. The van der Waals surface area contributed by atoms with Gasteiger partial charge in [0, 0.05) is 6.21 Å². The van der Waals surface area contributed by atoms with Crippen molar-refractivity contribution in [3.05, 3.63) is 42.0 Å². The molecule has 2 heteroatoms. The Labute approximate surface area is 84.2 Å². The predicted molar refractivity (Wildman–Crippen MR) is 60.3 cm³/mol. The summed E-state index contributed by atoms with van der Waals surface area (Å²) in [5.74, 6) is 0. The molecule has 2 atom stereocenters. The first kappa shape index (κ1) is 9.16. The van der Waals surface area contributed by atoms with Gasteiger partial charge in [-0.2, -0.15) is 0 Å². The Hall–Kier alpha value is -1.41. The van der Waals surface area contributed by atoms with Crippen LogP contribution in [0.2, 0.25) is 0 Å². The van der Waals surface area contributed by atoms with E-state index in [1.54, 1.807) is 6.21 Å². The van der Waals surface area contributed by atoms with Crippen LogP contribution >= 0.6 is 0 Å². The molecule has 2 nitrogen and oxygen atoms in total. The van der Waals surface area contributed by atoms with Crippen molar-refractivity contribution in [2.75, 3.05) is 0 Å². The number of aliphatic imine (C=N–C) groups is 1. The standard InChI is InChI=1S/C12H14N2/c1-9-12(7-11(13)8-14-9)10-5-3-2-4-6-10/h2-9,11H,13H2,1H3/t9-,11?/m0/s1. The summed E-state index contributed by atoms with van der Waals surface area (Å²) >= 11 is 0. The minimum absolute atomic E-state index is 0.0404. The number of rotatable bonds is 1. The fourth-order valence-corrected chi connectivity index (χ4v) is 1.67. The van der Waals surface area contributed by atoms with Gasteiger partial charge in [0.1, 0.15) is 0 Å². The maximum Gasteiger partial charge on any atom is 0.0721 e. The van der Waals surface area contributed by atoms with Gasteiger partial charge in [-0.15, -0.1) is 0 Å². The van der Waals surface area contributed by atoms with E-state index in [9.17, 15) is 0 Å². The quantitative estimate of drug-likeness (QED) is 0.714. The lowest BCUT2D eigenvalue weighted by Gasteiger charge is -2.18. The van der Waals surface area contributed by atoms with Gasteiger partial charge in [-0.05, 0) is 18.1 Å². The molecule has 0 fully saturated rings. The Bertz CT molecular complexity index is 365. The number of dihydropyridines is 1. The third kappa shape index (κ3) is 1.75. The second-order valence-corrected chi connectivity index (χ2v) is 3.54. The molecule has 1 aliphatic heterocycles. The maximum absolute atomic E-state index is 5.80. The first-order valence-corrected chi connectivity index (χ1v) is 4.83. The highest BCUT2D eigenvalue weighted by molar-refractivity contribution is 5.81. The summed E-state index contributed by atoms with van der Waals surface area (Å²) in [7, 11) is 0. The van der Waals surface area contributed by atoms with Crippen LogP contribution in [0.5, 0.6) is 0 Å². The second kappa shape index (κ2) is 3.76. The van der Waals surface area contributed by atoms with Gasteiger partial charge in [-0.3, -0.25) is 4.99 Å². The lowest BCUT2D eigenvalue weighted by molar-refractivity contribution is 0.904. The van der Waals surface area contributed by atoms with E-state index in [1.165, 1.54) is 11.1 Å². The topological polar surface area (TPSA) is 38.4 Å². The Morgan fingerprint density at radius 3 is 2.64 bits per heavy atom. The third-order valence-electron chi connectivity index (χ3n) is 2.41. The molecule has 14 heavy (non-hydrogen) atoms. The molecule has 0 amide bonds. The molecule has 1 unspecified atom stereocenters. The average molecular weight is 186 g/mol. The van der Waals surface area contributed by atoms with Gasteiger partial charge < -0.3 is 5.73 Å². The van der Waals surface area contributed by atoms with E-state index in [1.807, 2.05) is 18.2 Å². The van der Waals surface area contributed by atoms with E-state index in [2.05, 4.69) is 30.1 Å². The van der Waals surface area contributed by atoms with Gasteiger partial charge in [0.05, 0.1) is 12.1 Å². The number of hydrogen-bond acceptors (Lipinski definition) is 2. The van der Waals surface area contributed by atoms with Crippen LogP contribution in [0.15, 0.2) is 41.4 Å². The largest absolute Gasteiger partial charge is 0.320 e. The van der Waals surface area contributed by atoms with Gasteiger partial charge in [0.25, 0.3) is 0 Å². The van der Waals surface area contributed by atoms with E-state index in [0.29, 0.717) is 0 Å². The Balaban J connectivity index is 2.35.